The average Bonchev–Trinajstić information content (AvgIpc) is 3.54. The molecule has 0 saturated carbocycles. The van der Waals surface area contributed by atoms with Crippen molar-refractivity contribution in [2.75, 3.05) is 37.1 Å². The molecule has 0 bridgehead atoms. The van der Waals surface area contributed by atoms with Crippen molar-refractivity contribution in [2.45, 2.75) is 22.7 Å². The summed E-state index contributed by atoms with van der Waals surface area (Å²) in [5.74, 6) is -1.66. The van der Waals surface area contributed by atoms with Gasteiger partial charge in [-0.2, -0.15) is 0 Å². The number of ether oxygens (including phenoxy) is 1. The highest BCUT2D eigenvalue weighted by atomic mass is 32.2. The average molecular weight is 572 g/mol. The van der Waals surface area contributed by atoms with Crippen molar-refractivity contribution in [3.8, 4) is 0 Å². The minimum absolute atomic E-state index is 0.0633. The normalized spacial score (nSPS) is 19.6. The second-order valence-electron chi connectivity index (χ2n) is 7.15. The molecule has 0 aromatic carbocycles. The van der Waals surface area contributed by atoms with Crippen LogP contribution in [0.5, 0.6) is 0 Å². The van der Waals surface area contributed by atoms with Gasteiger partial charge in [0.1, 0.15) is 34.9 Å². The quantitative estimate of drug-likeness (QED) is 0.108. The molecule has 2 aromatic rings. The monoisotopic (exact) mass is 571 g/mol. The first-order chi connectivity index (χ1) is 17.4. The van der Waals surface area contributed by atoms with E-state index >= 15 is 0 Å². The van der Waals surface area contributed by atoms with Crippen LogP contribution in [0, 0.1) is 0 Å². The lowest BCUT2D eigenvalue weighted by Gasteiger charge is -2.49. The van der Waals surface area contributed by atoms with Gasteiger partial charge >= 0.3 is 5.97 Å². The van der Waals surface area contributed by atoms with E-state index in [0.29, 0.717) is 28.0 Å². The zero-order valence-corrected chi connectivity index (χ0v) is 22.0. The van der Waals surface area contributed by atoms with E-state index in [4.69, 9.17) is 15.3 Å². The van der Waals surface area contributed by atoms with Crippen LogP contribution in [0.25, 0.3) is 0 Å². The molecule has 2 amide bonds. The van der Waals surface area contributed by atoms with E-state index in [2.05, 4.69) is 25.7 Å². The second-order valence-corrected chi connectivity index (χ2v) is 11.2. The first-order valence-corrected chi connectivity index (χ1v) is 14.3. The Morgan fingerprint density at radius 1 is 1.39 bits per heavy atom. The highest BCUT2D eigenvalue weighted by Gasteiger charge is 2.54. The van der Waals surface area contributed by atoms with Crippen molar-refractivity contribution in [3.63, 3.8) is 0 Å². The molecule has 36 heavy (non-hydrogen) atoms. The number of thiazole rings is 1. The van der Waals surface area contributed by atoms with Crippen LogP contribution in [0.1, 0.15) is 12.6 Å². The number of β-lactam (4-membered cyclic amide) rings is 1. The molecule has 192 valence electrons. The number of amides is 2. The summed E-state index contributed by atoms with van der Waals surface area (Å²) in [6.07, 6.45) is 0. The number of aromatic nitrogens is 3. The zero-order chi connectivity index (χ0) is 25.7. The Morgan fingerprint density at radius 3 is 2.89 bits per heavy atom. The summed E-state index contributed by atoms with van der Waals surface area (Å²) in [6.45, 7) is 2.75. The second kappa shape index (κ2) is 12.0. The molecule has 0 aliphatic carbocycles. The maximum atomic E-state index is 13.1. The lowest BCUT2D eigenvalue weighted by molar-refractivity contribution is -0.150. The molecule has 4 N–H and O–H groups in total. The van der Waals surface area contributed by atoms with E-state index < -0.39 is 29.2 Å². The summed E-state index contributed by atoms with van der Waals surface area (Å²) in [4.78, 5) is 48.6. The number of anilines is 1. The number of oxime groups is 1. The van der Waals surface area contributed by atoms with Gasteiger partial charge in [0.2, 0.25) is 0 Å². The minimum Gasteiger partial charge on any atom is -0.477 e. The number of nitrogens with two attached hydrogens (primary N) is 1. The molecule has 13 nitrogen and oxygen atoms in total. The fourth-order valence-electron chi connectivity index (χ4n) is 3.33. The van der Waals surface area contributed by atoms with Crippen LogP contribution in [-0.4, -0.2) is 91.4 Å². The molecule has 4 heterocycles. The summed E-state index contributed by atoms with van der Waals surface area (Å²) in [5.41, 5.74) is 7.89. The molecule has 2 aromatic heterocycles. The van der Waals surface area contributed by atoms with Gasteiger partial charge in [0.25, 0.3) is 11.8 Å². The predicted octanol–water partition coefficient (Wildman–Crippen LogP) is 0.865. The van der Waals surface area contributed by atoms with Crippen LogP contribution in [0.2, 0.25) is 0 Å². The zero-order valence-electron chi connectivity index (χ0n) is 18.8. The minimum atomic E-state index is -1.20. The first-order valence-electron chi connectivity index (χ1n) is 10.5. The number of hydrogen-bond acceptors (Lipinski definition) is 14. The van der Waals surface area contributed by atoms with E-state index in [9.17, 15) is 19.5 Å². The number of carbonyl (C=O) groups excluding carboxylic acids is 2. The molecule has 17 heteroatoms. The number of rotatable bonds is 12. The van der Waals surface area contributed by atoms with Crippen LogP contribution in [-0.2, 0) is 24.0 Å². The molecule has 2 aliphatic heterocycles. The number of hydrogen-bond donors (Lipinski definition) is 3. The van der Waals surface area contributed by atoms with Crippen molar-refractivity contribution >= 4 is 74.8 Å². The Hall–Kier alpha value is -2.73. The van der Waals surface area contributed by atoms with Crippen LogP contribution >= 0.6 is 46.2 Å². The smallest absolute Gasteiger partial charge is 0.352 e. The number of nitrogens with zero attached hydrogens (tertiary/aromatic N) is 5. The van der Waals surface area contributed by atoms with E-state index in [1.165, 1.54) is 39.8 Å². The molecular weight excluding hydrogens is 551 g/mol. The van der Waals surface area contributed by atoms with Gasteiger partial charge in [0.05, 0.1) is 6.61 Å². The molecule has 0 spiro atoms. The van der Waals surface area contributed by atoms with Gasteiger partial charge in [-0.3, -0.25) is 14.5 Å². The molecule has 2 atom stereocenters. The van der Waals surface area contributed by atoms with E-state index in [1.807, 2.05) is 6.92 Å². The fourth-order valence-corrected chi connectivity index (χ4v) is 6.85. The van der Waals surface area contributed by atoms with Gasteiger partial charge < -0.3 is 25.7 Å². The summed E-state index contributed by atoms with van der Waals surface area (Å²) >= 11 is 5.21. The lowest BCUT2D eigenvalue weighted by Crippen LogP contribution is -2.71. The highest BCUT2D eigenvalue weighted by molar-refractivity contribution is 8.01. The number of nitrogens with one attached hydrogen (secondary N) is 1. The Balaban J connectivity index is 1.46. The molecule has 4 rings (SSSR count). The summed E-state index contributed by atoms with van der Waals surface area (Å²) in [5, 5.41) is 25.3. The fraction of sp³-hybridized carbons (Fsp3) is 0.421. The third kappa shape index (κ3) is 5.80. The molecule has 2 aliphatic rings. The van der Waals surface area contributed by atoms with Crippen molar-refractivity contribution < 1.29 is 29.1 Å². The Morgan fingerprint density at radius 2 is 2.22 bits per heavy atom. The van der Waals surface area contributed by atoms with Crippen molar-refractivity contribution in [3.05, 3.63) is 27.9 Å². The van der Waals surface area contributed by atoms with Crippen molar-refractivity contribution in [1.29, 1.82) is 0 Å². The molecule has 0 radical (unpaired) electrons. The Bertz CT molecular complexity index is 1180. The first kappa shape index (κ1) is 26.3. The topological polar surface area (TPSA) is 182 Å². The van der Waals surface area contributed by atoms with Crippen LogP contribution in [0.3, 0.4) is 0 Å². The predicted molar refractivity (Wildman–Crippen MR) is 136 cm³/mol. The van der Waals surface area contributed by atoms with Gasteiger partial charge in [0.15, 0.2) is 15.2 Å². The third-order valence-corrected chi connectivity index (χ3v) is 8.87. The highest BCUT2D eigenvalue weighted by Crippen LogP contribution is 2.41. The van der Waals surface area contributed by atoms with Crippen LogP contribution < -0.4 is 11.1 Å². The standard InChI is InChI=1S/C19H21N7O6S4/c1-2-31-3-4-32-25-11(10-7-34-18(20)22-10)14(27)23-12-15(28)26-13(17(29)30)9(5-33-16(12)26)6-35-19-24-21-8-36-19/h7-8,12,16H,2-6H2,1H3,(H2,20,22)(H,23,27)(H,29,30)/b25-11+/t12?,16-/m1/s1. The number of aliphatic carboxylic acids is 1. The van der Waals surface area contributed by atoms with Crippen molar-refractivity contribution in [1.82, 2.24) is 25.4 Å². The SMILES string of the molecule is CCOCCO/N=C(/C(=O)NC1C(=O)N2C(C(=O)O)=C(CSc3nncs3)CS[C@H]12)c1csc(N)n1. The van der Waals surface area contributed by atoms with Gasteiger partial charge in [-0.15, -0.1) is 33.3 Å². The van der Waals surface area contributed by atoms with Gasteiger partial charge in [-0.05, 0) is 12.5 Å². The number of fused-ring (bicyclic) bond motifs is 1. The molecular formula is C19H21N7O6S4. The maximum absolute atomic E-state index is 13.1. The molecule has 1 saturated heterocycles. The molecule has 1 fully saturated rings. The molecule has 1 unspecified atom stereocenters. The van der Waals surface area contributed by atoms with Crippen molar-refractivity contribution in [2.24, 2.45) is 5.16 Å². The number of thioether (sulfide) groups is 2. The van der Waals surface area contributed by atoms with Gasteiger partial charge in [-0.25, -0.2) is 9.78 Å². The van der Waals surface area contributed by atoms with Crippen LogP contribution in [0.4, 0.5) is 5.13 Å². The number of carbonyl (C=O) groups is 3. The largest absolute Gasteiger partial charge is 0.477 e. The van der Waals surface area contributed by atoms with Gasteiger partial charge in [-0.1, -0.05) is 28.3 Å². The number of carboxylic acids is 1. The maximum Gasteiger partial charge on any atom is 0.352 e. The summed E-state index contributed by atoms with van der Waals surface area (Å²) in [7, 11) is 0. The lowest BCUT2D eigenvalue weighted by atomic mass is 10.0. The number of carboxylic acid groups (broad SMARTS) is 1. The van der Waals surface area contributed by atoms with Gasteiger partial charge in [0, 0.05) is 23.5 Å². The Kier molecular flexibility index (Phi) is 8.78. The third-order valence-electron chi connectivity index (χ3n) is 4.90. The number of nitrogen functional groups attached to an aromatic ring is 1. The summed E-state index contributed by atoms with van der Waals surface area (Å²) in [6, 6.07) is -0.932. The van der Waals surface area contributed by atoms with E-state index in [1.54, 1.807) is 10.9 Å². The Labute approximate surface area is 221 Å². The van der Waals surface area contributed by atoms with E-state index in [-0.39, 0.29) is 35.4 Å². The van der Waals surface area contributed by atoms with Crippen LogP contribution in [0.15, 0.2) is 31.7 Å². The summed E-state index contributed by atoms with van der Waals surface area (Å²) < 4.78 is 5.89. The van der Waals surface area contributed by atoms with E-state index in [0.717, 1.165) is 11.3 Å².